The number of hydrogen-bond donors (Lipinski definition) is 3. The Morgan fingerprint density at radius 1 is 1.53 bits per heavy atom. The molecule has 0 unspecified atom stereocenters. The van der Waals surface area contributed by atoms with Gasteiger partial charge < -0.3 is 10.5 Å². The monoisotopic (exact) mass is 260 g/mol. The number of pyridine rings is 1. The van der Waals surface area contributed by atoms with Crippen LogP contribution < -0.4 is 15.2 Å². The van der Waals surface area contributed by atoms with Crippen molar-refractivity contribution < 1.29 is 17.9 Å². The number of nitrogen functional groups attached to an aromatic ring is 1. The van der Waals surface area contributed by atoms with Crippen LogP contribution in [0.2, 0.25) is 0 Å². The van der Waals surface area contributed by atoms with E-state index in [0.717, 1.165) is 0 Å². The third-order valence-electron chi connectivity index (χ3n) is 1.52. The highest BCUT2D eigenvalue weighted by Gasteiger charge is 2.15. The van der Waals surface area contributed by atoms with Gasteiger partial charge in [-0.1, -0.05) is 0 Å². The molecule has 9 heteroatoms. The maximum Gasteiger partial charge on any atom is 0.422 e. The first kappa shape index (κ1) is 13.0. The molecule has 94 valence electrons. The van der Waals surface area contributed by atoms with Crippen molar-refractivity contribution in [2.75, 3.05) is 17.1 Å². The van der Waals surface area contributed by atoms with E-state index in [0.29, 0.717) is 5.69 Å². The number of hydrogen-bond acceptors (Lipinski definition) is 6. The van der Waals surface area contributed by atoms with Crippen LogP contribution in [0.3, 0.4) is 0 Å². The molecule has 1 amide bonds. The lowest BCUT2D eigenvalue weighted by Crippen LogP contribution is -2.35. The topological polar surface area (TPSA) is 123 Å². The first-order chi connectivity index (χ1) is 7.93. The first-order valence-corrected chi connectivity index (χ1v) is 6.10. The van der Waals surface area contributed by atoms with E-state index in [-0.39, 0.29) is 12.4 Å². The van der Waals surface area contributed by atoms with Crippen LogP contribution in [0.15, 0.2) is 18.3 Å². The minimum absolute atomic E-state index is 0.0380. The van der Waals surface area contributed by atoms with Crippen molar-refractivity contribution in [3.05, 3.63) is 18.3 Å². The molecule has 1 aromatic rings. The number of ether oxygens (including phenoxy) is 1. The summed E-state index contributed by atoms with van der Waals surface area (Å²) >= 11 is 0. The summed E-state index contributed by atoms with van der Waals surface area (Å²) < 4.78 is 30.9. The fraction of sp³-hybridized carbons (Fsp3) is 0.250. The summed E-state index contributed by atoms with van der Waals surface area (Å²) in [5.74, 6) is 0.0380. The lowest BCUT2D eigenvalue weighted by Gasteiger charge is -2.08. The number of nitrogens with one attached hydrogen (secondary N) is 2. The van der Waals surface area contributed by atoms with E-state index in [1.165, 1.54) is 18.3 Å². The first-order valence-electron chi connectivity index (χ1n) is 4.62. The SMILES string of the molecule is CCOC(=O)NS(=O)(=O)Nc1ccc(N)cn1. The molecule has 0 aromatic carbocycles. The molecule has 0 radical (unpaired) electrons. The molecule has 1 aromatic heterocycles. The summed E-state index contributed by atoms with van der Waals surface area (Å²) in [5.41, 5.74) is 5.78. The Bertz CT molecular complexity index is 485. The van der Waals surface area contributed by atoms with Gasteiger partial charge in [-0.2, -0.15) is 8.42 Å². The van der Waals surface area contributed by atoms with Crippen molar-refractivity contribution in [1.82, 2.24) is 9.71 Å². The highest BCUT2D eigenvalue weighted by Crippen LogP contribution is 2.06. The Labute approximate surface area is 98.4 Å². The molecule has 0 atom stereocenters. The number of carbonyl (C=O) groups excluding carboxylic acids is 1. The van der Waals surface area contributed by atoms with Gasteiger partial charge in [0.05, 0.1) is 18.5 Å². The van der Waals surface area contributed by atoms with Crippen molar-refractivity contribution in [1.29, 1.82) is 0 Å². The molecule has 4 N–H and O–H groups in total. The van der Waals surface area contributed by atoms with Crippen LogP contribution in [0, 0.1) is 0 Å². The van der Waals surface area contributed by atoms with Gasteiger partial charge in [-0.05, 0) is 19.1 Å². The second-order valence-corrected chi connectivity index (χ2v) is 4.32. The van der Waals surface area contributed by atoms with Gasteiger partial charge in [-0.15, -0.1) is 0 Å². The van der Waals surface area contributed by atoms with Crippen molar-refractivity contribution in [2.24, 2.45) is 0 Å². The average molecular weight is 260 g/mol. The maximum absolute atomic E-state index is 11.4. The van der Waals surface area contributed by atoms with Gasteiger partial charge in [-0.3, -0.25) is 4.72 Å². The zero-order valence-electron chi connectivity index (χ0n) is 9.00. The van der Waals surface area contributed by atoms with Gasteiger partial charge in [0, 0.05) is 0 Å². The lowest BCUT2D eigenvalue weighted by molar-refractivity contribution is 0.159. The second kappa shape index (κ2) is 5.34. The zero-order chi connectivity index (χ0) is 12.9. The fourth-order valence-corrected chi connectivity index (χ4v) is 1.62. The molecule has 1 rings (SSSR count). The summed E-state index contributed by atoms with van der Waals surface area (Å²) in [4.78, 5) is 14.6. The summed E-state index contributed by atoms with van der Waals surface area (Å²) in [6.07, 6.45) is 0.220. The van der Waals surface area contributed by atoms with E-state index in [9.17, 15) is 13.2 Å². The number of amides is 1. The van der Waals surface area contributed by atoms with Gasteiger partial charge in [-0.25, -0.2) is 14.5 Å². The molecule has 1 heterocycles. The van der Waals surface area contributed by atoms with Crippen LogP contribution in [-0.2, 0) is 14.9 Å². The van der Waals surface area contributed by atoms with E-state index in [4.69, 9.17) is 5.73 Å². The Morgan fingerprint density at radius 2 is 2.24 bits per heavy atom. The zero-order valence-corrected chi connectivity index (χ0v) is 9.82. The summed E-state index contributed by atoms with van der Waals surface area (Å²) in [6.45, 7) is 1.63. The third-order valence-corrected chi connectivity index (χ3v) is 2.43. The molecular weight excluding hydrogens is 248 g/mol. The van der Waals surface area contributed by atoms with Crippen LogP contribution in [0.5, 0.6) is 0 Å². The van der Waals surface area contributed by atoms with Crippen LogP contribution in [0.25, 0.3) is 0 Å². The molecule has 0 aliphatic heterocycles. The summed E-state index contributed by atoms with van der Waals surface area (Å²) in [6, 6.07) is 2.83. The van der Waals surface area contributed by atoms with Gasteiger partial charge in [0.2, 0.25) is 0 Å². The minimum Gasteiger partial charge on any atom is -0.449 e. The van der Waals surface area contributed by atoms with Crippen molar-refractivity contribution >= 4 is 27.8 Å². The van der Waals surface area contributed by atoms with E-state index < -0.39 is 16.3 Å². The summed E-state index contributed by atoms with van der Waals surface area (Å²) in [5, 5.41) is 0. The molecule has 0 bridgehead atoms. The molecular formula is C8H12N4O4S. The van der Waals surface area contributed by atoms with Gasteiger partial charge in [0.1, 0.15) is 5.82 Å². The van der Waals surface area contributed by atoms with Crippen molar-refractivity contribution in [3.63, 3.8) is 0 Å². The largest absolute Gasteiger partial charge is 0.449 e. The predicted octanol–water partition coefficient (Wildman–Crippen LogP) is 0.0666. The molecule has 0 saturated heterocycles. The van der Waals surface area contributed by atoms with Gasteiger partial charge in [0.15, 0.2) is 0 Å². The maximum atomic E-state index is 11.4. The Kier molecular flexibility index (Phi) is 4.10. The molecule has 17 heavy (non-hydrogen) atoms. The van der Waals surface area contributed by atoms with Crippen molar-refractivity contribution in [2.45, 2.75) is 6.92 Å². The Balaban J connectivity index is 2.66. The highest BCUT2D eigenvalue weighted by molar-refractivity contribution is 7.91. The normalized spacial score (nSPS) is 10.6. The molecule has 0 fully saturated rings. The number of carbonyl (C=O) groups is 1. The van der Waals surface area contributed by atoms with Gasteiger partial charge in [0.25, 0.3) is 0 Å². The Hall–Kier alpha value is -2.03. The van der Waals surface area contributed by atoms with E-state index >= 15 is 0 Å². The molecule has 8 nitrogen and oxygen atoms in total. The van der Waals surface area contributed by atoms with E-state index in [2.05, 4.69) is 9.72 Å². The summed E-state index contributed by atoms with van der Waals surface area (Å²) in [7, 11) is -4.05. The third kappa shape index (κ3) is 4.55. The molecule has 0 aliphatic carbocycles. The van der Waals surface area contributed by atoms with Crippen molar-refractivity contribution in [3.8, 4) is 0 Å². The molecule has 0 spiro atoms. The predicted molar refractivity (Wildman–Crippen MR) is 61.3 cm³/mol. The molecule has 0 aliphatic rings. The Morgan fingerprint density at radius 3 is 2.76 bits per heavy atom. The molecule has 0 saturated carbocycles. The van der Waals surface area contributed by atoms with Crippen LogP contribution >= 0.6 is 0 Å². The smallest absolute Gasteiger partial charge is 0.422 e. The number of aromatic nitrogens is 1. The minimum atomic E-state index is -4.05. The standard InChI is InChI=1S/C8H12N4O4S/c1-2-16-8(13)12-17(14,15)11-7-4-3-6(9)5-10-7/h3-5H,2,9H2,1H3,(H,10,11)(H,12,13). The number of nitrogens with zero attached hydrogens (tertiary/aromatic N) is 1. The average Bonchev–Trinajstić information content (AvgIpc) is 2.20. The highest BCUT2D eigenvalue weighted by atomic mass is 32.2. The number of rotatable bonds is 4. The number of anilines is 2. The number of nitrogens with two attached hydrogens (primary N) is 1. The lowest BCUT2D eigenvalue weighted by atomic mass is 10.4. The van der Waals surface area contributed by atoms with E-state index in [1.807, 2.05) is 4.72 Å². The van der Waals surface area contributed by atoms with Crippen LogP contribution in [0.4, 0.5) is 16.3 Å². The quantitative estimate of drug-likeness (QED) is 0.703. The second-order valence-electron chi connectivity index (χ2n) is 2.90. The van der Waals surface area contributed by atoms with Crippen LogP contribution in [-0.4, -0.2) is 26.1 Å². The van der Waals surface area contributed by atoms with E-state index in [1.54, 1.807) is 11.6 Å². The van der Waals surface area contributed by atoms with Gasteiger partial charge >= 0.3 is 16.3 Å². The fourth-order valence-electron chi connectivity index (χ4n) is 0.899. The van der Waals surface area contributed by atoms with Crippen LogP contribution in [0.1, 0.15) is 6.92 Å².